The van der Waals surface area contributed by atoms with Gasteiger partial charge < -0.3 is 0 Å². The molecule has 0 aromatic carbocycles. The van der Waals surface area contributed by atoms with Gasteiger partial charge in [0.2, 0.25) is 0 Å². The van der Waals surface area contributed by atoms with E-state index in [-0.39, 0.29) is 0 Å². The molecular weight excluding hydrogens is 120 g/mol. The minimum Gasteiger partial charge on any atom is -0.0925 e. The van der Waals surface area contributed by atoms with E-state index in [0.717, 1.165) is 5.57 Å². The SMILES string of the molecule is CC#CC#CC(C)=C(C)C. The lowest BCUT2D eigenvalue weighted by molar-refractivity contribution is 1.31. The summed E-state index contributed by atoms with van der Waals surface area (Å²) in [7, 11) is 0. The predicted molar refractivity (Wildman–Crippen MR) is 45.3 cm³/mol. The van der Waals surface area contributed by atoms with Gasteiger partial charge in [0.25, 0.3) is 0 Å². The molecule has 0 heterocycles. The molecule has 10 heavy (non-hydrogen) atoms. The molecule has 0 unspecified atom stereocenters. The van der Waals surface area contributed by atoms with Crippen molar-refractivity contribution in [3.05, 3.63) is 11.1 Å². The Morgan fingerprint density at radius 2 is 1.60 bits per heavy atom. The highest BCUT2D eigenvalue weighted by Crippen LogP contribution is 1.98. The first kappa shape index (κ1) is 8.86. The highest BCUT2D eigenvalue weighted by molar-refractivity contribution is 5.37. The number of hydrogen-bond donors (Lipinski definition) is 0. The van der Waals surface area contributed by atoms with Crippen molar-refractivity contribution in [3.8, 4) is 23.7 Å². The first-order chi connectivity index (χ1) is 4.68. The van der Waals surface area contributed by atoms with Crippen LogP contribution in [-0.2, 0) is 0 Å². The first-order valence-corrected chi connectivity index (χ1v) is 3.25. The van der Waals surface area contributed by atoms with Crippen LogP contribution in [0.3, 0.4) is 0 Å². The van der Waals surface area contributed by atoms with Gasteiger partial charge in [0.1, 0.15) is 0 Å². The average Bonchev–Trinajstić information content (AvgIpc) is 1.88. The fourth-order valence-corrected chi connectivity index (χ4v) is 0.312. The Morgan fingerprint density at radius 1 is 1.00 bits per heavy atom. The molecule has 0 nitrogen and oxygen atoms in total. The lowest BCUT2D eigenvalue weighted by atomic mass is 10.2. The molecule has 0 aliphatic heterocycles. The zero-order valence-corrected chi connectivity index (χ0v) is 7.00. The maximum Gasteiger partial charge on any atom is -0.00140 e. The zero-order valence-electron chi connectivity index (χ0n) is 7.00. The summed E-state index contributed by atoms with van der Waals surface area (Å²) in [6.07, 6.45) is 0. The molecule has 0 spiro atoms. The van der Waals surface area contributed by atoms with Crippen LogP contribution >= 0.6 is 0 Å². The summed E-state index contributed by atoms with van der Waals surface area (Å²) in [5.41, 5.74) is 2.37. The highest BCUT2D eigenvalue weighted by atomic mass is 13.9. The van der Waals surface area contributed by atoms with Crippen molar-refractivity contribution in [1.82, 2.24) is 0 Å². The minimum atomic E-state index is 1.11. The Kier molecular flexibility index (Phi) is 4.17. The highest BCUT2D eigenvalue weighted by Gasteiger charge is 1.81. The van der Waals surface area contributed by atoms with E-state index in [1.807, 2.05) is 20.8 Å². The lowest BCUT2D eigenvalue weighted by Crippen LogP contribution is -1.72. The smallest absolute Gasteiger partial charge is 0.00140 e. The monoisotopic (exact) mass is 132 g/mol. The third-order valence-corrected chi connectivity index (χ3v) is 1.19. The number of hydrogen-bond acceptors (Lipinski definition) is 0. The molecule has 0 rings (SSSR count). The molecule has 0 aromatic heterocycles. The van der Waals surface area contributed by atoms with Crippen molar-refractivity contribution < 1.29 is 0 Å². The zero-order chi connectivity index (χ0) is 7.98. The number of allylic oxidation sites excluding steroid dienone is 2. The van der Waals surface area contributed by atoms with Gasteiger partial charge in [0.05, 0.1) is 0 Å². The minimum absolute atomic E-state index is 1.11. The van der Waals surface area contributed by atoms with Gasteiger partial charge in [0.15, 0.2) is 0 Å². The van der Waals surface area contributed by atoms with Crippen LogP contribution in [0.2, 0.25) is 0 Å². The van der Waals surface area contributed by atoms with Crippen LogP contribution in [0.1, 0.15) is 27.7 Å². The van der Waals surface area contributed by atoms with Gasteiger partial charge in [-0.05, 0) is 45.1 Å². The van der Waals surface area contributed by atoms with Crippen LogP contribution in [0, 0.1) is 23.7 Å². The van der Waals surface area contributed by atoms with Crippen LogP contribution in [-0.4, -0.2) is 0 Å². The second-order valence-electron chi connectivity index (χ2n) is 2.25. The Morgan fingerprint density at radius 3 is 2.00 bits per heavy atom. The molecule has 0 fully saturated rings. The standard InChI is InChI=1S/C10H12/c1-5-6-7-8-10(4)9(2)3/h1-4H3. The van der Waals surface area contributed by atoms with E-state index in [1.54, 1.807) is 6.92 Å². The van der Waals surface area contributed by atoms with E-state index < -0.39 is 0 Å². The Bertz CT molecular complexity index is 241. The molecule has 0 aromatic rings. The summed E-state index contributed by atoms with van der Waals surface area (Å²) >= 11 is 0. The molecule has 0 N–H and O–H groups in total. The molecule has 0 aliphatic rings. The van der Waals surface area contributed by atoms with Crippen molar-refractivity contribution in [2.45, 2.75) is 27.7 Å². The molecule has 0 heteroatoms. The summed E-state index contributed by atoms with van der Waals surface area (Å²) in [5, 5.41) is 0. The van der Waals surface area contributed by atoms with E-state index in [9.17, 15) is 0 Å². The van der Waals surface area contributed by atoms with Gasteiger partial charge in [0, 0.05) is 0 Å². The molecule has 0 bridgehead atoms. The molecule has 0 amide bonds. The van der Waals surface area contributed by atoms with Gasteiger partial charge in [-0.1, -0.05) is 17.4 Å². The fourth-order valence-electron chi connectivity index (χ4n) is 0.312. The Labute approximate surface area is 63.3 Å². The van der Waals surface area contributed by atoms with Crippen LogP contribution in [0.4, 0.5) is 0 Å². The second kappa shape index (κ2) is 4.71. The largest absolute Gasteiger partial charge is 0.0925 e. The van der Waals surface area contributed by atoms with Gasteiger partial charge in [-0.2, -0.15) is 0 Å². The van der Waals surface area contributed by atoms with Crippen LogP contribution in [0.25, 0.3) is 0 Å². The number of rotatable bonds is 0. The fraction of sp³-hybridized carbons (Fsp3) is 0.400. The Hall–Kier alpha value is -1.14. The maximum atomic E-state index is 2.94. The predicted octanol–water partition coefficient (Wildman–Crippen LogP) is 2.37. The van der Waals surface area contributed by atoms with Crippen molar-refractivity contribution in [2.75, 3.05) is 0 Å². The summed E-state index contributed by atoms with van der Waals surface area (Å²) in [5.74, 6) is 11.1. The summed E-state index contributed by atoms with van der Waals surface area (Å²) in [6.45, 7) is 7.87. The van der Waals surface area contributed by atoms with Crippen molar-refractivity contribution in [3.63, 3.8) is 0 Å². The van der Waals surface area contributed by atoms with Gasteiger partial charge in [-0.15, -0.1) is 0 Å². The normalized spacial score (nSPS) is 6.40. The molecule has 0 saturated heterocycles. The van der Waals surface area contributed by atoms with E-state index in [2.05, 4.69) is 23.7 Å². The average molecular weight is 132 g/mol. The first-order valence-electron chi connectivity index (χ1n) is 3.25. The summed E-state index contributed by atoms with van der Waals surface area (Å²) < 4.78 is 0. The van der Waals surface area contributed by atoms with Gasteiger partial charge in [-0.3, -0.25) is 0 Å². The summed E-state index contributed by atoms with van der Waals surface area (Å²) in [6, 6.07) is 0. The van der Waals surface area contributed by atoms with E-state index in [0.29, 0.717) is 0 Å². The van der Waals surface area contributed by atoms with Crippen LogP contribution in [0.5, 0.6) is 0 Å². The summed E-state index contributed by atoms with van der Waals surface area (Å²) in [4.78, 5) is 0. The van der Waals surface area contributed by atoms with Crippen molar-refractivity contribution >= 4 is 0 Å². The molecular formula is C10H12. The third kappa shape index (κ3) is 3.81. The van der Waals surface area contributed by atoms with E-state index in [1.165, 1.54) is 5.57 Å². The van der Waals surface area contributed by atoms with Gasteiger partial charge in [-0.25, -0.2) is 0 Å². The lowest BCUT2D eigenvalue weighted by Gasteiger charge is -1.88. The quantitative estimate of drug-likeness (QED) is 0.444. The van der Waals surface area contributed by atoms with Crippen LogP contribution in [0.15, 0.2) is 11.1 Å². The molecule has 0 radical (unpaired) electrons. The van der Waals surface area contributed by atoms with Crippen molar-refractivity contribution in [2.24, 2.45) is 0 Å². The van der Waals surface area contributed by atoms with Crippen molar-refractivity contribution in [1.29, 1.82) is 0 Å². The molecule has 0 atom stereocenters. The van der Waals surface area contributed by atoms with Crippen LogP contribution < -0.4 is 0 Å². The topological polar surface area (TPSA) is 0 Å². The molecule has 52 valence electrons. The van der Waals surface area contributed by atoms with E-state index >= 15 is 0 Å². The molecule has 0 aliphatic carbocycles. The maximum absolute atomic E-state index is 2.94. The third-order valence-electron chi connectivity index (χ3n) is 1.19. The van der Waals surface area contributed by atoms with E-state index in [4.69, 9.17) is 0 Å². The second-order valence-corrected chi connectivity index (χ2v) is 2.25. The molecule has 0 saturated carbocycles. The van der Waals surface area contributed by atoms with Gasteiger partial charge >= 0.3 is 0 Å². The Balaban J connectivity index is 4.29.